The smallest absolute Gasteiger partial charge is 0.328 e. The molecule has 2 aromatic rings. The average molecular weight is 319 g/mol. The maximum atomic E-state index is 12.3. The number of amides is 1. The molecule has 7 heteroatoms. The molecule has 1 aromatic carbocycles. The Hall–Kier alpha value is -2.57. The number of aromatic nitrogens is 2. The first kappa shape index (κ1) is 16.8. The highest BCUT2D eigenvalue weighted by atomic mass is 16.4. The molecule has 1 amide bonds. The molecule has 0 atom stereocenters. The molecule has 0 saturated heterocycles. The number of nitrogens with zero attached hydrogens (tertiary/aromatic N) is 3. The van der Waals surface area contributed by atoms with Crippen LogP contribution in [0.4, 0.5) is 0 Å². The van der Waals surface area contributed by atoms with E-state index in [-0.39, 0.29) is 37.1 Å². The van der Waals surface area contributed by atoms with Gasteiger partial charge in [-0.15, -0.1) is 0 Å². The van der Waals surface area contributed by atoms with Crippen LogP contribution in [0, 0.1) is 0 Å². The van der Waals surface area contributed by atoms with Crippen molar-refractivity contribution >= 4 is 22.9 Å². The highest BCUT2D eigenvalue weighted by Gasteiger charge is 2.20. The summed E-state index contributed by atoms with van der Waals surface area (Å²) in [4.78, 5) is 36.8. The minimum atomic E-state index is -1.05. The monoisotopic (exact) mass is 319 g/mol. The van der Waals surface area contributed by atoms with Gasteiger partial charge in [0.1, 0.15) is 6.54 Å². The van der Waals surface area contributed by atoms with Gasteiger partial charge >= 0.3 is 11.7 Å². The number of imidazole rings is 1. The molecule has 0 saturated carbocycles. The van der Waals surface area contributed by atoms with Crippen LogP contribution in [0.25, 0.3) is 11.0 Å². The van der Waals surface area contributed by atoms with Gasteiger partial charge in [0.05, 0.1) is 11.0 Å². The summed E-state index contributed by atoms with van der Waals surface area (Å²) in [7, 11) is 1.69. The number of rotatable bonds is 6. The van der Waals surface area contributed by atoms with E-state index in [2.05, 4.69) is 0 Å². The Kier molecular flexibility index (Phi) is 4.88. The van der Waals surface area contributed by atoms with Crippen LogP contribution in [0.15, 0.2) is 29.1 Å². The molecule has 0 bridgehead atoms. The third kappa shape index (κ3) is 3.44. The molecule has 1 aromatic heterocycles. The van der Waals surface area contributed by atoms with Gasteiger partial charge in [-0.2, -0.15) is 0 Å². The molecule has 1 N–H and O–H groups in total. The van der Waals surface area contributed by atoms with E-state index < -0.39 is 5.97 Å². The SMILES string of the molecule is CC(C)N(CC(=O)O)C(=O)CCn1c(=O)n(C)c2ccccc21. The Morgan fingerprint density at radius 2 is 1.83 bits per heavy atom. The second kappa shape index (κ2) is 6.68. The highest BCUT2D eigenvalue weighted by Crippen LogP contribution is 2.12. The summed E-state index contributed by atoms with van der Waals surface area (Å²) in [6.07, 6.45) is 0.0827. The van der Waals surface area contributed by atoms with Crippen molar-refractivity contribution in [3.05, 3.63) is 34.7 Å². The third-order valence-corrected chi connectivity index (χ3v) is 3.85. The van der Waals surface area contributed by atoms with Crippen molar-refractivity contribution in [3.8, 4) is 0 Å². The van der Waals surface area contributed by atoms with Crippen molar-refractivity contribution in [1.29, 1.82) is 0 Å². The Bertz CT molecular complexity index is 788. The zero-order valence-electron chi connectivity index (χ0n) is 13.5. The highest BCUT2D eigenvalue weighted by molar-refractivity contribution is 5.82. The van der Waals surface area contributed by atoms with Crippen LogP contribution in [-0.4, -0.2) is 43.6 Å². The maximum Gasteiger partial charge on any atom is 0.328 e. The number of carbonyl (C=O) groups excluding carboxylic acids is 1. The van der Waals surface area contributed by atoms with Crippen LogP contribution in [0.5, 0.6) is 0 Å². The topological polar surface area (TPSA) is 84.5 Å². The summed E-state index contributed by atoms with van der Waals surface area (Å²) in [6.45, 7) is 3.43. The van der Waals surface area contributed by atoms with Gasteiger partial charge in [-0.05, 0) is 26.0 Å². The van der Waals surface area contributed by atoms with Gasteiger partial charge < -0.3 is 10.0 Å². The largest absolute Gasteiger partial charge is 0.480 e. The number of hydrogen-bond donors (Lipinski definition) is 1. The fourth-order valence-corrected chi connectivity index (χ4v) is 2.63. The normalized spacial score (nSPS) is 11.1. The van der Waals surface area contributed by atoms with Crippen LogP contribution < -0.4 is 5.69 Å². The zero-order valence-corrected chi connectivity index (χ0v) is 13.5. The minimum Gasteiger partial charge on any atom is -0.480 e. The molecule has 0 radical (unpaired) electrons. The van der Waals surface area contributed by atoms with Crippen LogP contribution in [-0.2, 0) is 23.2 Å². The van der Waals surface area contributed by atoms with E-state index in [0.29, 0.717) is 0 Å². The standard InChI is InChI=1S/C16H21N3O4/c1-11(2)19(10-15(21)22)14(20)8-9-18-13-7-5-4-6-12(13)17(3)16(18)23/h4-7,11H,8-10H2,1-3H3,(H,21,22). The van der Waals surface area contributed by atoms with Crippen molar-refractivity contribution in [3.63, 3.8) is 0 Å². The van der Waals surface area contributed by atoms with Crippen molar-refractivity contribution < 1.29 is 14.7 Å². The zero-order chi connectivity index (χ0) is 17.1. The molecule has 23 heavy (non-hydrogen) atoms. The molecule has 0 aliphatic rings. The molecule has 0 unspecified atom stereocenters. The predicted molar refractivity (Wildman–Crippen MR) is 86.3 cm³/mol. The molecular weight excluding hydrogens is 298 g/mol. The van der Waals surface area contributed by atoms with Crippen LogP contribution in [0.2, 0.25) is 0 Å². The summed E-state index contributed by atoms with van der Waals surface area (Å²) in [5.74, 6) is -1.32. The average Bonchev–Trinajstić information content (AvgIpc) is 2.74. The van der Waals surface area contributed by atoms with Crippen LogP contribution in [0.1, 0.15) is 20.3 Å². The lowest BCUT2D eigenvalue weighted by atomic mass is 10.2. The van der Waals surface area contributed by atoms with E-state index in [1.54, 1.807) is 25.5 Å². The first-order valence-electron chi connectivity index (χ1n) is 7.48. The molecule has 0 fully saturated rings. The van der Waals surface area contributed by atoms with Gasteiger partial charge in [0.25, 0.3) is 0 Å². The van der Waals surface area contributed by atoms with Gasteiger partial charge in [0.2, 0.25) is 5.91 Å². The molecule has 0 aliphatic heterocycles. The van der Waals surface area contributed by atoms with E-state index >= 15 is 0 Å². The third-order valence-electron chi connectivity index (χ3n) is 3.85. The van der Waals surface area contributed by atoms with Gasteiger partial charge in [0, 0.05) is 26.1 Å². The molecule has 2 rings (SSSR count). The van der Waals surface area contributed by atoms with E-state index in [1.807, 2.05) is 24.3 Å². The summed E-state index contributed by atoms with van der Waals surface area (Å²) in [5, 5.41) is 8.90. The fraction of sp³-hybridized carbons (Fsp3) is 0.438. The summed E-state index contributed by atoms with van der Waals surface area (Å²) in [5.41, 5.74) is 1.38. The van der Waals surface area contributed by atoms with Crippen molar-refractivity contribution in [2.24, 2.45) is 7.05 Å². The second-order valence-corrected chi connectivity index (χ2v) is 5.74. The Morgan fingerprint density at radius 3 is 2.39 bits per heavy atom. The quantitative estimate of drug-likeness (QED) is 0.862. The Balaban J connectivity index is 2.21. The number of carboxylic acid groups (broad SMARTS) is 1. The summed E-state index contributed by atoms with van der Waals surface area (Å²) < 4.78 is 3.09. The van der Waals surface area contributed by atoms with Gasteiger partial charge in [-0.25, -0.2) is 4.79 Å². The number of hydrogen-bond acceptors (Lipinski definition) is 3. The minimum absolute atomic E-state index is 0.0827. The lowest BCUT2D eigenvalue weighted by Crippen LogP contribution is -2.41. The van der Waals surface area contributed by atoms with Gasteiger partial charge in [-0.3, -0.25) is 18.7 Å². The number of aryl methyl sites for hydroxylation is 2. The van der Waals surface area contributed by atoms with Crippen molar-refractivity contribution in [1.82, 2.24) is 14.0 Å². The number of carboxylic acids is 1. The van der Waals surface area contributed by atoms with Gasteiger partial charge in [-0.1, -0.05) is 12.1 Å². The number of carbonyl (C=O) groups is 2. The lowest BCUT2D eigenvalue weighted by Gasteiger charge is -2.24. The first-order valence-corrected chi connectivity index (χ1v) is 7.48. The molecule has 0 aliphatic carbocycles. The van der Waals surface area contributed by atoms with Gasteiger partial charge in [0.15, 0.2) is 0 Å². The maximum absolute atomic E-state index is 12.3. The number of fused-ring (bicyclic) bond motifs is 1. The second-order valence-electron chi connectivity index (χ2n) is 5.74. The number of para-hydroxylation sites is 2. The molecule has 1 heterocycles. The summed E-state index contributed by atoms with van der Waals surface area (Å²) >= 11 is 0. The lowest BCUT2D eigenvalue weighted by molar-refractivity contribution is -0.145. The fourth-order valence-electron chi connectivity index (χ4n) is 2.63. The van der Waals surface area contributed by atoms with Crippen LogP contribution >= 0.6 is 0 Å². The van der Waals surface area contributed by atoms with Crippen molar-refractivity contribution in [2.45, 2.75) is 32.9 Å². The molecule has 0 spiro atoms. The van der Waals surface area contributed by atoms with E-state index in [9.17, 15) is 14.4 Å². The van der Waals surface area contributed by atoms with E-state index in [1.165, 1.54) is 9.47 Å². The Labute approximate surface area is 133 Å². The summed E-state index contributed by atoms with van der Waals surface area (Å²) in [6, 6.07) is 7.16. The van der Waals surface area contributed by atoms with Crippen LogP contribution in [0.3, 0.4) is 0 Å². The molecular formula is C16H21N3O4. The first-order chi connectivity index (χ1) is 10.8. The molecule has 124 valence electrons. The van der Waals surface area contributed by atoms with E-state index in [4.69, 9.17) is 5.11 Å². The Morgan fingerprint density at radius 1 is 1.22 bits per heavy atom. The van der Waals surface area contributed by atoms with Crippen molar-refractivity contribution in [2.75, 3.05) is 6.54 Å². The number of aliphatic carboxylic acids is 1. The molecule has 7 nitrogen and oxygen atoms in total. The number of benzene rings is 1. The predicted octanol–water partition coefficient (Wildman–Crippen LogP) is 1.05. The van der Waals surface area contributed by atoms with E-state index in [0.717, 1.165) is 11.0 Å².